The number of carbonyl (C=O) groups excluding carboxylic acids is 1. The number of ether oxygens (including phenoxy) is 1. The van der Waals surface area contributed by atoms with Crippen molar-refractivity contribution in [2.75, 3.05) is 6.61 Å². The van der Waals surface area contributed by atoms with Gasteiger partial charge < -0.3 is 4.74 Å². The van der Waals surface area contributed by atoms with E-state index in [4.69, 9.17) is 4.74 Å². The van der Waals surface area contributed by atoms with Crippen molar-refractivity contribution in [3.05, 3.63) is 76.5 Å². The van der Waals surface area contributed by atoms with Crippen molar-refractivity contribution in [3.8, 4) is 5.69 Å². The average Bonchev–Trinajstić information content (AvgIpc) is 3.26. The van der Waals surface area contributed by atoms with Crippen LogP contribution in [0.25, 0.3) is 16.6 Å². The fourth-order valence-corrected chi connectivity index (χ4v) is 3.81. The molecule has 0 unspecified atom stereocenters. The molecule has 0 aliphatic heterocycles. The minimum absolute atomic E-state index is 0.0554. The summed E-state index contributed by atoms with van der Waals surface area (Å²) in [6, 6.07) is 7.73. The standard InChI is InChI=1S/C23H20F4N4O2/c1-4-33-22(32)21-13(2)28-31(14(21)3)20-7-5-6-19-18(20)12-30(29-19)11-15-8-16(23(25,26)27)10-17(24)9-15/h5-10,12H,4,11H2,1-3H3. The number of alkyl halides is 3. The van der Waals surface area contributed by atoms with E-state index in [1.54, 1.807) is 49.8 Å². The molecule has 2 aromatic carbocycles. The van der Waals surface area contributed by atoms with Crippen molar-refractivity contribution >= 4 is 16.9 Å². The molecule has 0 bridgehead atoms. The highest BCUT2D eigenvalue weighted by molar-refractivity contribution is 5.93. The summed E-state index contributed by atoms with van der Waals surface area (Å²) in [5.74, 6) is -1.43. The van der Waals surface area contributed by atoms with Crippen LogP contribution in [0, 0.1) is 19.7 Å². The van der Waals surface area contributed by atoms with Gasteiger partial charge in [-0.1, -0.05) is 6.07 Å². The molecule has 0 radical (unpaired) electrons. The van der Waals surface area contributed by atoms with E-state index in [0.717, 1.165) is 12.1 Å². The fraction of sp³-hybridized carbons (Fsp3) is 0.261. The predicted molar refractivity (Wildman–Crippen MR) is 113 cm³/mol. The molecule has 4 aromatic rings. The van der Waals surface area contributed by atoms with Crippen molar-refractivity contribution in [3.63, 3.8) is 0 Å². The van der Waals surface area contributed by atoms with E-state index in [1.165, 1.54) is 4.68 Å². The summed E-state index contributed by atoms with van der Waals surface area (Å²) in [6.07, 6.45) is -2.99. The van der Waals surface area contributed by atoms with Crippen molar-refractivity contribution in [1.29, 1.82) is 0 Å². The highest BCUT2D eigenvalue weighted by Gasteiger charge is 2.31. The van der Waals surface area contributed by atoms with Gasteiger partial charge in [-0.25, -0.2) is 13.9 Å². The quantitative estimate of drug-likeness (QED) is 0.303. The van der Waals surface area contributed by atoms with Gasteiger partial charge in [0.25, 0.3) is 0 Å². The van der Waals surface area contributed by atoms with Crippen molar-refractivity contribution in [2.24, 2.45) is 0 Å². The second-order valence-corrected chi connectivity index (χ2v) is 7.56. The zero-order valence-electron chi connectivity index (χ0n) is 18.1. The lowest BCUT2D eigenvalue weighted by Crippen LogP contribution is -2.08. The predicted octanol–water partition coefficient (Wildman–Crippen LogP) is 5.22. The van der Waals surface area contributed by atoms with Gasteiger partial charge in [-0.3, -0.25) is 4.68 Å². The summed E-state index contributed by atoms with van der Waals surface area (Å²) in [7, 11) is 0. The number of hydrogen-bond donors (Lipinski definition) is 0. The van der Waals surface area contributed by atoms with Crippen LogP contribution in [-0.4, -0.2) is 32.1 Å². The van der Waals surface area contributed by atoms with E-state index >= 15 is 0 Å². The van der Waals surface area contributed by atoms with Crippen LogP contribution in [-0.2, 0) is 17.5 Å². The van der Waals surface area contributed by atoms with Crippen LogP contribution in [0.2, 0.25) is 0 Å². The number of aromatic nitrogens is 4. The van der Waals surface area contributed by atoms with Gasteiger partial charge in [-0.15, -0.1) is 0 Å². The Morgan fingerprint density at radius 3 is 2.58 bits per heavy atom. The molecule has 0 spiro atoms. The topological polar surface area (TPSA) is 61.9 Å². The number of aryl methyl sites for hydroxylation is 1. The Hall–Kier alpha value is -3.69. The number of benzene rings is 2. The van der Waals surface area contributed by atoms with E-state index < -0.39 is 23.5 Å². The molecule has 2 aromatic heterocycles. The third kappa shape index (κ3) is 4.33. The van der Waals surface area contributed by atoms with Crippen molar-refractivity contribution in [1.82, 2.24) is 19.6 Å². The molecule has 4 rings (SSSR count). The van der Waals surface area contributed by atoms with Crippen LogP contribution < -0.4 is 0 Å². The van der Waals surface area contributed by atoms with Crippen molar-refractivity contribution in [2.45, 2.75) is 33.5 Å². The summed E-state index contributed by atoms with van der Waals surface area (Å²) in [5, 5.41) is 9.57. The first-order valence-corrected chi connectivity index (χ1v) is 10.1. The van der Waals surface area contributed by atoms with Gasteiger partial charge in [0, 0.05) is 11.6 Å². The van der Waals surface area contributed by atoms with E-state index in [1.807, 2.05) is 0 Å². The monoisotopic (exact) mass is 460 g/mol. The second-order valence-electron chi connectivity index (χ2n) is 7.56. The van der Waals surface area contributed by atoms with Crippen LogP contribution >= 0.6 is 0 Å². The summed E-state index contributed by atoms with van der Waals surface area (Å²) in [5.41, 5.74) is 1.77. The molecule has 0 fully saturated rings. The third-order valence-electron chi connectivity index (χ3n) is 5.20. The molecular formula is C23H20F4N4O2. The summed E-state index contributed by atoms with van der Waals surface area (Å²) >= 11 is 0. The molecule has 33 heavy (non-hydrogen) atoms. The first-order chi connectivity index (χ1) is 15.6. The Kier molecular flexibility index (Phi) is 5.69. The summed E-state index contributed by atoms with van der Waals surface area (Å²) in [6.45, 7) is 5.36. The van der Waals surface area contributed by atoms with Gasteiger partial charge in [0.1, 0.15) is 11.4 Å². The highest BCUT2D eigenvalue weighted by Crippen LogP contribution is 2.31. The lowest BCUT2D eigenvalue weighted by atomic mass is 10.1. The number of halogens is 4. The van der Waals surface area contributed by atoms with Gasteiger partial charge in [0.15, 0.2) is 0 Å². The number of hydrogen-bond acceptors (Lipinski definition) is 4. The van der Waals surface area contributed by atoms with Gasteiger partial charge in [-0.05, 0) is 56.7 Å². The van der Waals surface area contributed by atoms with Crippen molar-refractivity contribution < 1.29 is 27.1 Å². The lowest BCUT2D eigenvalue weighted by molar-refractivity contribution is -0.137. The lowest BCUT2D eigenvalue weighted by Gasteiger charge is -2.09. The number of esters is 1. The van der Waals surface area contributed by atoms with Crippen LogP contribution in [0.15, 0.2) is 42.6 Å². The Morgan fingerprint density at radius 1 is 1.12 bits per heavy atom. The highest BCUT2D eigenvalue weighted by atomic mass is 19.4. The maximum Gasteiger partial charge on any atom is 0.416 e. The van der Waals surface area contributed by atoms with Gasteiger partial charge in [-0.2, -0.15) is 23.4 Å². The molecule has 0 saturated carbocycles. The van der Waals surface area contributed by atoms with Crippen LogP contribution in [0.5, 0.6) is 0 Å². The first-order valence-electron chi connectivity index (χ1n) is 10.1. The maximum atomic E-state index is 13.8. The number of nitrogens with zero attached hydrogens (tertiary/aromatic N) is 4. The second kappa shape index (κ2) is 8.34. The average molecular weight is 460 g/mol. The number of rotatable bonds is 5. The third-order valence-corrected chi connectivity index (χ3v) is 5.20. The Labute approximate surface area is 186 Å². The molecule has 172 valence electrons. The van der Waals surface area contributed by atoms with Gasteiger partial charge >= 0.3 is 12.1 Å². The molecule has 2 heterocycles. The minimum atomic E-state index is -4.65. The van der Waals surface area contributed by atoms with E-state index in [-0.39, 0.29) is 18.7 Å². The molecule has 0 atom stereocenters. The number of fused-ring (bicyclic) bond motifs is 1. The maximum absolute atomic E-state index is 13.8. The molecule has 0 N–H and O–H groups in total. The normalized spacial score (nSPS) is 11.8. The summed E-state index contributed by atoms with van der Waals surface area (Å²) in [4.78, 5) is 12.3. The van der Waals surface area contributed by atoms with Gasteiger partial charge in [0.05, 0.1) is 41.3 Å². The Balaban J connectivity index is 1.75. The molecule has 6 nitrogen and oxygen atoms in total. The minimum Gasteiger partial charge on any atom is -0.462 e. The van der Waals surface area contributed by atoms with E-state index in [2.05, 4.69) is 10.2 Å². The van der Waals surface area contributed by atoms with Crippen LogP contribution in [0.3, 0.4) is 0 Å². The fourth-order valence-electron chi connectivity index (χ4n) is 3.81. The van der Waals surface area contributed by atoms with Crippen LogP contribution in [0.4, 0.5) is 17.6 Å². The first kappa shape index (κ1) is 22.5. The molecular weight excluding hydrogens is 440 g/mol. The SMILES string of the molecule is CCOC(=O)c1c(C)nn(-c2cccc3nn(Cc4cc(F)cc(C(F)(F)F)c4)cc23)c1C. The molecule has 0 aliphatic carbocycles. The summed E-state index contributed by atoms with van der Waals surface area (Å²) < 4.78 is 61.1. The van der Waals surface area contributed by atoms with E-state index in [9.17, 15) is 22.4 Å². The van der Waals surface area contributed by atoms with Crippen LogP contribution in [0.1, 0.15) is 39.8 Å². The molecule has 10 heteroatoms. The zero-order chi connectivity index (χ0) is 23.9. The largest absolute Gasteiger partial charge is 0.462 e. The zero-order valence-corrected chi connectivity index (χ0v) is 18.1. The molecule has 0 saturated heterocycles. The Bertz CT molecular complexity index is 1350. The smallest absolute Gasteiger partial charge is 0.416 e. The molecule has 0 aliphatic rings. The van der Waals surface area contributed by atoms with Gasteiger partial charge in [0.2, 0.25) is 0 Å². The molecule has 0 amide bonds. The van der Waals surface area contributed by atoms with E-state index in [0.29, 0.717) is 39.6 Å². The Morgan fingerprint density at radius 2 is 1.88 bits per heavy atom. The number of carbonyl (C=O) groups is 1.